The van der Waals surface area contributed by atoms with Gasteiger partial charge in [0.25, 0.3) is 0 Å². The predicted octanol–water partition coefficient (Wildman–Crippen LogP) is 1.78. The third-order valence-corrected chi connectivity index (χ3v) is 3.96. The standard InChI is InChI=1S/C14H20N4O/c1-11-7-12-15-10-16-18(12)13(8-11)17(2)9-14(19)5-3-4-6-14/h7-8,10,19H,3-6,9H2,1-2H3. The van der Waals surface area contributed by atoms with Gasteiger partial charge in [-0.05, 0) is 37.5 Å². The zero-order valence-corrected chi connectivity index (χ0v) is 11.5. The Morgan fingerprint density at radius 2 is 2.11 bits per heavy atom. The smallest absolute Gasteiger partial charge is 0.157 e. The molecule has 19 heavy (non-hydrogen) atoms. The molecule has 1 aliphatic carbocycles. The molecule has 1 saturated carbocycles. The number of anilines is 1. The van der Waals surface area contributed by atoms with E-state index in [2.05, 4.69) is 28.0 Å². The summed E-state index contributed by atoms with van der Waals surface area (Å²) < 4.78 is 1.82. The number of aromatic nitrogens is 3. The van der Waals surface area contributed by atoms with Crippen LogP contribution in [0.4, 0.5) is 5.82 Å². The van der Waals surface area contributed by atoms with Crippen molar-refractivity contribution < 1.29 is 5.11 Å². The van der Waals surface area contributed by atoms with Crippen molar-refractivity contribution in [2.45, 2.75) is 38.2 Å². The second kappa shape index (κ2) is 4.49. The van der Waals surface area contributed by atoms with Crippen LogP contribution in [0.1, 0.15) is 31.2 Å². The molecule has 0 unspecified atom stereocenters. The van der Waals surface area contributed by atoms with Crippen LogP contribution in [0.15, 0.2) is 18.5 Å². The van der Waals surface area contributed by atoms with E-state index in [-0.39, 0.29) is 0 Å². The molecule has 0 atom stereocenters. The number of aryl methyl sites for hydroxylation is 1. The Balaban J connectivity index is 1.92. The second-order valence-corrected chi connectivity index (χ2v) is 5.71. The minimum atomic E-state index is -0.550. The highest BCUT2D eigenvalue weighted by molar-refractivity contribution is 5.52. The van der Waals surface area contributed by atoms with E-state index in [1.807, 2.05) is 17.6 Å². The molecule has 102 valence electrons. The van der Waals surface area contributed by atoms with Crippen molar-refractivity contribution in [1.29, 1.82) is 0 Å². The van der Waals surface area contributed by atoms with Crippen molar-refractivity contribution in [3.05, 3.63) is 24.0 Å². The van der Waals surface area contributed by atoms with Gasteiger partial charge in [0.2, 0.25) is 0 Å². The Kier molecular flexibility index (Phi) is 2.93. The van der Waals surface area contributed by atoms with Gasteiger partial charge in [-0.1, -0.05) is 12.8 Å². The maximum absolute atomic E-state index is 10.5. The van der Waals surface area contributed by atoms with Crippen LogP contribution in [0.5, 0.6) is 0 Å². The van der Waals surface area contributed by atoms with Gasteiger partial charge >= 0.3 is 0 Å². The van der Waals surface area contributed by atoms with E-state index >= 15 is 0 Å². The summed E-state index contributed by atoms with van der Waals surface area (Å²) in [6.07, 6.45) is 5.59. The zero-order valence-electron chi connectivity index (χ0n) is 11.5. The van der Waals surface area contributed by atoms with Gasteiger partial charge in [0.05, 0.1) is 5.60 Å². The lowest BCUT2D eigenvalue weighted by Crippen LogP contribution is -2.40. The maximum atomic E-state index is 10.5. The number of hydrogen-bond donors (Lipinski definition) is 1. The Morgan fingerprint density at radius 3 is 2.84 bits per heavy atom. The lowest BCUT2D eigenvalue weighted by molar-refractivity contribution is 0.0557. The summed E-state index contributed by atoms with van der Waals surface area (Å²) in [6.45, 7) is 2.70. The van der Waals surface area contributed by atoms with Gasteiger partial charge in [-0.3, -0.25) is 0 Å². The van der Waals surface area contributed by atoms with E-state index in [0.29, 0.717) is 6.54 Å². The average Bonchev–Trinajstić information content (AvgIpc) is 2.96. The van der Waals surface area contributed by atoms with E-state index in [1.54, 1.807) is 6.33 Å². The summed E-state index contributed by atoms with van der Waals surface area (Å²) >= 11 is 0. The molecule has 0 radical (unpaired) electrons. The summed E-state index contributed by atoms with van der Waals surface area (Å²) in [5.41, 5.74) is 1.45. The topological polar surface area (TPSA) is 53.7 Å². The van der Waals surface area contributed by atoms with E-state index < -0.39 is 5.60 Å². The van der Waals surface area contributed by atoms with Crippen LogP contribution < -0.4 is 4.90 Å². The molecule has 0 spiro atoms. The van der Waals surface area contributed by atoms with Crippen LogP contribution in [0.3, 0.4) is 0 Å². The summed E-state index contributed by atoms with van der Waals surface area (Å²) in [5, 5.41) is 14.8. The molecule has 0 aliphatic heterocycles. The third-order valence-electron chi connectivity index (χ3n) is 3.96. The highest BCUT2D eigenvalue weighted by atomic mass is 16.3. The van der Waals surface area contributed by atoms with Gasteiger partial charge < -0.3 is 10.0 Å². The van der Waals surface area contributed by atoms with Crippen LogP contribution in [-0.4, -0.2) is 38.9 Å². The molecule has 1 fully saturated rings. The highest BCUT2D eigenvalue weighted by Crippen LogP contribution is 2.31. The Morgan fingerprint density at radius 1 is 1.37 bits per heavy atom. The molecule has 5 nitrogen and oxygen atoms in total. The van der Waals surface area contributed by atoms with Crippen LogP contribution in [-0.2, 0) is 0 Å². The lowest BCUT2D eigenvalue weighted by atomic mass is 10.0. The first kappa shape index (κ1) is 12.4. The molecule has 0 bridgehead atoms. The fourth-order valence-corrected chi connectivity index (χ4v) is 3.02. The van der Waals surface area contributed by atoms with Crippen molar-refractivity contribution in [3.63, 3.8) is 0 Å². The molecule has 5 heteroatoms. The first-order chi connectivity index (χ1) is 9.07. The maximum Gasteiger partial charge on any atom is 0.157 e. The number of rotatable bonds is 3. The van der Waals surface area contributed by atoms with Gasteiger partial charge in [0.1, 0.15) is 12.1 Å². The monoisotopic (exact) mass is 260 g/mol. The van der Waals surface area contributed by atoms with Gasteiger partial charge in [-0.15, -0.1) is 0 Å². The highest BCUT2D eigenvalue weighted by Gasteiger charge is 2.32. The molecule has 0 amide bonds. The zero-order chi connectivity index (χ0) is 13.5. The number of fused-ring (bicyclic) bond motifs is 1. The summed E-state index contributed by atoms with van der Waals surface area (Å²) in [4.78, 5) is 6.32. The molecular formula is C14H20N4O. The molecule has 0 aromatic carbocycles. The van der Waals surface area contributed by atoms with Crippen molar-refractivity contribution in [2.24, 2.45) is 0 Å². The summed E-state index contributed by atoms with van der Waals surface area (Å²) in [6, 6.07) is 4.09. The van der Waals surface area contributed by atoms with Crippen LogP contribution >= 0.6 is 0 Å². The van der Waals surface area contributed by atoms with E-state index in [1.165, 1.54) is 0 Å². The normalized spacial score (nSPS) is 18.1. The first-order valence-corrected chi connectivity index (χ1v) is 6.81. The number of likely N-dealkylation sites (N-methyl/N-ethyl adjacent to an activating group) is 1. The van der Waals surface area contributed by atoms with Gasteiger partial charge in [0, 0.05) is 13.6 Å². The molecule has 1 N–H and O–H groups in total. The van der Waals surface area contributed by atoms with Gasteiger partial charge in [0.15, 0.2) is 5.65 Å². The number of aliphatic hydroxyl groups is 1. The molecular weight excluding hydrogens is 240 g/mol. The van der Waals surface area contributed by atoms with Gasteiger partial charge in [-0.2, -0.15) is 9.61 Å². The number of pyridine rings is 1. The van der Waals surface area contributed by atoms with Crippen molar-refractivity contribution in [2.75, 3.05) is 18.5 Å². The third kappa shape index (κ3) is 2.30. The SMILES string of the molecule is Cc1cc(N(C)CC2(O)CCCC2)n2ncnc2c1. The second-order valence-electron chi connectivity index (χ2n) is 5.71. The van der Waals surface area contributed by atoms with Crippen LogP contribution in [0.25, 0.3) is 5.65 Å². The first-order valence-electron chi connectivity index (χ1n) is 6.81. The number of hydrogen-bond acceptors (Lipinski definition) is 4. The number of nitrogens with zero attached hydrogens (tertiary/aromatic N) is 4. The lowest BCUT2D eigenvalue weighted by Gasteiger charge is -2.30. The van der Waals surface area contributed by atoms with Crippen LogP contribution in [0.2, 0.25) is 0 Å². The quantitative estimate of drug-likeness (QED) is 0.914. The Hall–Kier alpha value is -1.62. The van der Waals surface area contributed by atoms with Crippen molar-refractivity contribution in [3.8, 4) is 0 Å². The summed E-state index contributed by atoms with van der Waals surface area (Å²) in [5.74, 6) is 0.979. The largest absolute Gasteiger partial charge is 0.388 e. The molecule has 2 aromatic heterocycles. The molecule has 3 rings (SSSR count). The molecule has 2 aromatic rings. The summed E-state index contributed by atoms with van der Waals surface area (Å²) in [7, 11) is 2.01. The average molecular weight is 260 g/mol. The van der Waals surface area contributed by atoms with E-state index in [0.717, 1.165) is 42.7 Å². The Bertz CT molecular complexity index is 586. The van der Waals surface area contributed by atoms with Crippen molar-refractivity contribution in [1.82, 2.24) is 14.6 Å². The van der Waals surface area contributed by atoms with Gasteiger partial charge in [-0.25, -0.2) is 4.98 Å². The minimum Gasteiger partial charge on any atom is -0.388 e. The molecule has 0 saturated heterocycles. The molecule has 2 heterocycles. The van der Waals surface area contributed by atoms with E-state index in [4.69, 9.17) is 0 Å². The minimum absolute atomic E-state index is 0.550. The predicted molar refractivity (Wildman–Crippen MR) is 74.4 cm³/mol. The van der Waals surface area contributed by atoms with Crippen LogP contribution in [0, 0.1) is 6.92 Å². The fraction of sp³-hybridized carbons (Fsp3) is 0.571. The fourth-order valence-electron chi connectivity index (χ4n) is 3.02. The molecule has 1 aliphatic rings. The van der Waals surface area contributed by atoms with E-state index in [9.17, 15) is 5.11 Å². The van der Waals surface area contributed by atoms with Crippen molar-refractivity contribution >= 4 is 11.5 Å². The Labute approximate surface area is 112 Å².